The number of piperazine rings is 1. The molecular formula is C20H23Cl3N4O. The topological polar surface area (TPSA) is 50.2 Å². The molecule has 0 bridgehead atoms. The molecule has 1 amide bonds. The van der Waals surface area contributed by atoms with Crippen molar-refractivity contribution < 1.29 is 4.79 Å². The average molecular weight is 442 g/mol. The van der Waals surface area contributed by atoms with Gasteiger partial charge < -0.3 is 14.8 Å². The van der Waals surface area contributed by atoms with E-state index in [1.807, 2.05) is 58.0 Å². The molecule has 1 saturated heterocycles. The van der Waals surface area contributed by atoms with Crippen LogP contribution in [0.5, 0.6) is 0 Å². The number of nitrogens with one attached hydrogen (secondary N) is 1. The number of benzene rings is 2. The molecule has 3 aromatic rings. The molecule has 0 spiro atoms. The molecule has 150 valence electrons. The number of nitrogens with zero attached hydrogens (tertiary/aromatic N) is 3. The van der Waals surface area contributed by atoms with Crippen LogP contribution >= 0.6 is 36.4 Å². The van der Waals surface area contributed by atoms with E-state index in [4.69, 9.17) is 11.6 Å². The Morgan fingerprint density at radius 1 is 1.14 bits per heavy atom. The number of carbonyl (C=O) groups excluding carboxylic acids is 1. The van der Waals surface area contributed by atoms with Gasteiger partial charge in [0, 0.05) is 37.6 Å². The summed E-state index contributed by atoms with van der Waals surface area (Å²) in [6.07, 6.45) is 2.25. The normalized spacial score (nSPS) is 16.3. The fraction of sp³-hybridized carbons (Fsp3) is 0.300. The minimum atomic E-state index is -0.0236. The van der Waals surface area contributed by atoms with Crippen molar-refractivity contribution in [2.24, 2.45) is 0 Å². The van der Waals surface area contributed by atoms with Crippen LogP contribution in [0.25, 0.3) is 11.0 Å². The largest absolute Gasteiger partial charge is 0.333 e. The Bertz CT molecular complexity index is 930. The molecule has 1 atom stereocenters. The number of halogens is 3. The third-order valence-electron chi connectivity index (χ3n) is 4.92. The van der Waals surface area contributed by atoms with Crippen LogP contribution in [0.2, 0.25) is 5.02 Å². The first-order valence-electron chi connectivity index (χ1n) is 8.88. The number of rotatable bonds is 4. The lowest BCUT2D eigenvalue weighted by molar-refractivity contribution is -0.134. The molecule has 2 heterocycles. The van der Waals surface area contributed by atoms with E-state index >= 15 is 0 Å². The van der Waals surface area contributed by atoms with Gasteiger partial charge in [0.25, 0.3) is 0 Å². The summed E-state index contributed by atoms with van der Waals surface area (Å²) in [4.78, 5) is 19.3. The summed E-state index contributed by atoms with van der Waals surface area (Å²) in [6, 6.07) is 15.7. The van der Waals surface area contributed by atoms with Crippen molar-refractivity contribution in [3.05, 3.63) is 65.4 Å². The predicted octanol–water partition coefficient (Wildman–Crippen LogP) is 4.10. The van der Waals surface area contributed by atoms with Gasteiger partial charge >= 0.3 is 0 Å². The molecule has 1 aliphatic rings. The maximum Gasteiger partial charge on any atom is 0.224 e. The van der Waals surface area contributed by atoms with Crippen molar-refractivity contribution in [2.75, 3.05) is 19.6 Å². The minimum absolute atomic E-state index is 0. The Morgan fingerprint density at radius 3 is 2.71 bits per heavy atom. The maximum absolute atomic E-state index is 12.9. The number of hydrogen-bond donors (Lipinski definition) is 1. The van der Waals surface area contributed by atoms with E-state index in [2.05, 4.69) is 10.3 Å². The lowest BCUT2D eigenvalue weighted by atomic mass is 10.0. The number of hydrogen-bond acceptors (Lipinski definition) is 3. The van der Waals surface area contributed by atoms with Crippen LogP contribution in [0.4, 0.5) is 0 Å². The highest BCUT2D eigenvalue weighted by molar-refractivity contribution is 6.31. The molecule has 2 aromatic carbocycles. The van der Waals surface area contributed by atoms with E-state index in [1.165, 1.54) is 0 Å². The molecule has 0 saturated carbocycles. The molecule has 4 rings (SSSR count). The first kappa shape index (κ1) is 22.5. The molecule has 1 N–H and O–H groups in total. The summed E-state index contributed by atoms with van der Waals surface area (Å²) in [7, 11) is 0. The monoisotopic (exact) mass is 440 g/mol. The first-order valence-corrected chi connectivity index (χ1v) is 9.26. The zero-order valence-electron chi connectivity index (χ0n) is 15.3. The molecule has 1 aromatic heterocycles. The van der Waals surface area contributed by atoms with Crippen LogP contribution in [-0.2, 0) is 11.3 Å². The molecule has 28 heavy (non-hydrogen) atoms. The number of carbonyl (C=O) groups is 1. The van der Waals surface area contributed by atoms with Crippen LogP contribution in [-0.4, -0.2) is 40.0 Å². The number of amides is 1. The fourth-order valence-electron chi connectivity index (χ4n) is 3.57. The van der Waals surface area contributed by atoms with Crippen molar-refractivity contribution >= 4 is 53.4 Å². The number of para-hydroxylation sites is 2. The van der Waals surface area contributed by atoms with E-state index < -0.39 is 0 Å². The first-order chi connectivity index (χ1) is 12.7. The van der Waals surface area contributed by atoms with Gasteiger partial charge in [-0.25, -0.2) is 4.98 Å². The van der Waals surface area contributed by atoms with E-state index in [0.29, 0.717) is 24.5 Å². The van der Waals surface area contributed by atoms with Crippen LogP contribution in [0.3, 0.4) is 0 Å². The SMILES string of the molecule is Cl.Cl.O=C(CCn1cnc2ccccc21)N1CCNCC1c1ccccc1Cl. The Kier molecular flexibility index (Phi) is 8.13. The van der Waals surface area contributed by atoms with Gasteiger partial charge in [-0.1, -0.05) is 41.9 Å². The smallest absolute Gasteiger partial charge is 0.224 e. The fourth-order valence-corrected chi connectivity index (χ4v) is 3.84. The highest BCUT2D eigenvalue weighted by Gasteiger charge is 2.28. The van der Waals surface area contributed by atoms with E-state index in [-0.39, 0.29) is 36.8 Å². The molecule has 0 aliphatic carbocycles. The molecule has 1 aliphatic heterocycles. The van der Waals surface area contributed by atoms with Crippen LogP contribution < -0.4 is 5.32 Å². The molecule has 8 heteroatoms. The van der Waals surface area contributed by atoms with E-state index in [0.717, 1.165) is 29.7 Å². The van der Waals surface area contributed by atoms with Crippen LogP contribution in [0.15, 0.2) is 54.9 Å². The van der Waals surface area contributed by atoms with Gasteiger partial charge in [-0.15, -0.1) is 24.8 Å². The Balaban J connectivity index is 0.00000140. The summed E-state index contributed by atoms with van der Waals surface area (Å²) in [5, 5.41) is 4.08. The predicted molar refractivity (Wildman–Crippen MR) is 118 cm³/mol. The van der Waals surface area contributed by atoms with Gasteiger partial charge in [0.15, 0.2) is 0 Å². The summed E-state index contributed by atoms with van der Waals surface area (Å²) in [5.74, 6) is 0.147. The lowest BCUT2D eigenvalue weighted by Crippen LogP contribution is -2.48. The molecule has 5 nitrogen and oxygen atoms in total. The van der Waals surface area contributed by atoms with Gasteiger partial charge in [0.2, 0.25) is 5.91 Å². The van der Waals surface area contributed by atoms with Gasteiger partial charge in [-0.05, 0) is 23.8 Å². The molecule has 1 fully saturated rings. The van der Waals surface area contributed by atoms with Crippen LogP contribution in [0.1, 0.15) is 18.0 Å². The van der Waals surface area contributed by atoms with Crippen molar-refractivity contribution in [3.63, 3.8) is 0 Å². The van der Waals surface area contributed by atoms with Gasteiger partial charge in [-0.3, -0.25) is 4.79 Å². The third kappa shape index (κ3) is 4.61. The Hall–Kier alpha value is -1.79. The maximum atomic E-state index is 12.9. The second kappa shape index (κ2) is 10.1. The standard InChI is InChI=1S/C20H21ClN4O.2ClH/c21-16-6-2-1-5-15(16)19-13-22-10-12-25(19)20(26)9-11-24-14-23-17-7-3-4-8-18(17)24;;/h1-8,14,19,22H,9-13H2;2*1H. The number of fused-ring (bicyclic) bond motifs is 1. The van der Waals surface area contributed by atoms with Crippen molar-refractivity contribution in [1.29, 1.82) is 0 Å². The number of imidazole rings is 1. The van der Waals surface area contributed by atoms with Gasteiger partial charge in [-0.2, -0.15) is 0 Å². The Labute approximate surface area is 181 Å². The van der Waals surface area contributed by atoms with Crippen molar-refractivity contribution in [1.82, 2.24) is 19.8 Å². The zero-order chi connectivity index (χ0) is 17.9. The van der Waals surface area contributed by atoms with Crippen molar-refractivity contribution in [2.45, 2.75) is 19.0 Å². The van der Waals surface area contributed by atoms with E-state index in [1.54, 1.807) is 6.33 Å². The summed E-state index contributed by atoms with van der Waals surface area (Å²) in [6.45, 7) is 2.85. The van der Waals surface area contributed by atoms with Gasteiger partial charge in [0.05, 0.1) is 23.4 Å². The van der Waals surface area contributed by atoms with E-state index in [9.17, 15) is 4.79 Å². The minimum Gasteiger partial charge on any atom is -0.333 e. The second-order valence-electron chi connectivity index (χ2n) is 6.51. The summed E-state index contributed by atoms with van der Waals surface area (Å²) < 4.78 is 2.04. The highest BCUT2D eigenvalue weighted by atomic mass is 35.5. The second-order valence-corrected chi connectivity index (χ2v) is 6.91. The molecular weight excluding hydrogens is 419 g/mol. The summed E-state index contributed by atoms with van der Waals surface area (Å²) >= 11 is 6.37. The highest BCUT2D eigenvalue weighted by Crippen LogP contribution is 2.29. The summed E-state index contributed by atoms with van der Waals surface area (Å²) in [5.41, 5.74) is 3.02. The quantitative estimate of drug-likeness (QED) is 0.663. The number of aryl methyl sites for hydroxylation is 1. The average Bonchev–Trinajstić information content (AvgIpc) is 3.10. The Morgan fingerprint density at radius 2 is 1.89 bits per heavy atom. The molecule has 1 unspecified atom stereocenters. The zero-order valence-corrected chi connectivity index (χ0v) is 17.6. The lowest BCUT2D eigenvalue weighted by Gasteiger charge is -2.37. The molecule has 0 radical (unpaired) electrons. The number of aromatic nitrogens is 2. The third-order valence-corrected chi connectivity index (χ3v) is 5.27. The van der Waals surface area contributed by atoms with Gasteiger partial charge in [0.1, 0.15) is 0 Å². The van der Waals surface area contributed by atoms with Crippen LogP contribution in [0, 0.1) is 0 Å². The van der Waals surface area contributed by atoms with Crippen molar-refractivity contribution in [3.8, 4) is 0 Å².